The molecule has 0 heterocycles. The SMILES string of the molecule is CNC1C(O)C(O)C(O)C(O)C1N=O. The van der Waals surface area contributed by atoms with Crippen LogP contribution in [0.5, 0.6) is 0 Å². The van der Waals surface area contributed by atoms with Gasteiger partial charge in [0.25, 0.3) is 0 Å². The Balaban J connectivity index is 2.89. The molecule has 0 spiro atoms. The van der Waals surface area contributed by atoms with Crippen LogP contribution in [0.2, 0.25) is 0 Å². The van der Waals surface area contributed by atoms with E-state index in [-0.39, 0.29) is 0 Å². The number of likely N-dealkylation sites (N-methyl/N-ethyl adjacent to an activating group) is 1. The third-order valence-corrected chi connectivity index (χ3v) is 2.59. The van der Waals surface area contributed by atoms with Crippen LogP contribution in [0.15, 0.2) is 5.18 Å². The number of aliphatic hydroxyl groups excluding tert-OH is 4. The quantitative estimate of drug-likeness (QED) is 0.310. The first-order valence-electron chi connectivity index (χ1n) is 4.26. The number of nitrogens with one attached hydrogen (secondary N) is 1. The number of rotatable bonds is 2. The lowest BCUT2D eigenvalue weighted by Crippen LogP contribution is -2.66. The van der Waals surface area contributed by atoms with Gasteiger partial charge in [-0.05, 0) is 7.05 Å². The third kappa shape index (κ3) is 1.64. The molecule has 1 saturated carbocycles. The van der Waals surface area contributed by atoms with Gasteiger partial charge in [0.2, 0.25) is 0 Å². The topological polar surface area (TPSA) is 122 Å². The molecule has 1 fully saturated rings. The molecule has 1 aliphatic carbocycles. The molecular weight excluding hydrogens is 192 g/mol. The maximum absolute atomic E-state index is 10.4. The maximum atomic E-state index is 10.4. The van der Waals surface area contributed by atoms with E-state index in [2.05, 4.69) is 10.5 Å². The number of hydrogen-bond donors (Lipinski definition) is 5. The fourth-order valence-electron chi connectivity index (χ4n) is 1.70. The molecule has 1 rings (SSSR count). The van der Waals surface area contributed by atoms with Gasteiger partial charge in [-0.25, -0.2) is 0 Å². The number of nitroso groups, excluding NO2 is 1. The highest BCUT2D eigenvalue weighted by molar-refractivity contribution is 5.04. The fraction of sp³-hybridized carbons (Fsp3) is 1.00. The second-order valence-corrected chi connectivity index (χ2v) is 3.37. The first-order chi connectivity index (χ1) is 6.54. The summed E-state index contributed by atoms with van der Waals surface area (Å²) in [6, 6.07) is -2.03. The summed E-state index contributed by atoms with van der Waals surface area (Å²) >= 11 is 0. The zero-order valence-corrected chi connectivity index (χ0v) is 7.61. The summed E-state index contributed by atoms with van der Waals surface area (Å²) in [7, 11) is 1.46. The van der Waals surface area contributed by atoms with E-state index >= 15 is 0 Å². The molecule has 7 nitrogen and oxygen atoms in total. The third-order valence-electron chi connectivity index (χ3n) is 2.59. The van der Waals surface area contributed by atoms with E-state index < -0.39 is 36.5 Å². The van der Waals surface area contributed by atoms with Crippen molar-refractivity contribution in [1.29, 1.82) is 0 Å². The van der Waals surface area contributed by atoms with Crippen molar-refractivity contribution in [3.8, 4) is 0 Å². The first kappa shape index (κ1) is 11.5. The van der Waals surface area contributed by atoms with Gasteiger partial charge in [0.1, 0.15) is 30.5 Å². The maximum Gasteiger partial charge on any atom is 0.138 e. The van der Waals surface area contributed by atoms with E-state index in [4.69, 9.17) is 0 Å². The zero-order chi connectivity index (χ0) is 10.9. The Morgan fingerprint density at radius 2 is 1.50 bits per heavy atom. The number of nitrogens with zero attached hydrogens (tertiary/aromatic N) is 1. The van der Waals surface area contributed by atoms with E-state index in [0.29, 0.717) is 0 Å². The summed E-state index contributed by atoms with van der Waals surface area (Å²) in [5.41, 5.74) is 0. The Kier molecular flexibility index (Phi) is 3.51. The molecule has 0 amide bonds. The van der Waals surface area contributed by atoms with Gasteiger partial charge in [-0.3, -0.25) is 0 Å². The molecule has 0 bridgehead atoms. The van der Waals surface area contributed by atoms with Crippen LogP contribution in [0.1, 0.15) is 0 Å². The molecule has 14 heavy (non-hydrogen) atoms. The molecule has 0 aromatic heterocycles. The summed E-state index contributed by atoms with van der Waals surface area (Å²) in [4.78, 5) is 10.4. The van der Waals surface area contributed by atoms with Crippen LogP contribution in [-0.2, 0) is 0 Å². The van der Waals surface area contributed by atoms with Gasteiger partial charge < -0.3 is 25.7 Å². The molecule has 1 aliphatic rings. The minimum absolute atomic E-state index is 0.860. The van der Waals surface area contributed by atoms with Crippen molar-refractivity contribution in [3.05, 3.63) is 4.91 Å². The predicted octanol–water partition coefficient (Wildman–Crippen LogP) is -2.83. The van der Waals surface area contributed by atoms with Crippen LogP contribution in [0.3, 0.4) is 0 Å². The van der Waals surface area contributed by atoms with Gasteiger partial charge in [0, 0.05) is 0 Å². The average molecular weight is 206 g/mol. The highest BCUT2D eigenvalue weighted by atomic mass is 16.4. The van der Waals surface area contributed by atoms with Crippen LogP contribution in [-0.4, -0.2) is 64.0 Å². The molecule has 5 N–H and O–H groups in total. The number of hydrogen-bond acceptors (Lipinski definition) is 7. The standard InChI is InChI=1S/C7H14N2O5/c1-8-2-3(9-14)5(11)7(13)6(12)4(2)10/h2-8,10-13H,1H3. The molecule has 0 saturated heterocycles. The lowest BCUT2D eigenvalue weighted by Gasteiger charge is -2.40. The van der Waals surface area contributed by atoms with Gasteiger partial charge in [0.05, 0.1) is 6.04 Å². The van der Waals surface area contributed by atoms with Crippen molar-refractivity contribution in [2.45, 2.75) is 36.5 Å². The highest BCUT2D eigenvalue weighted by Crippen LogP contribution is 2.23. The Labute approximate surface area is 80.3 Å². The molecule has 0 aliphatic heterocycles. The van der Waals surface area contributed by atoms with Crippen molar-refractivity contribution < 1.29 is 20.4 Å². The minimum atomic E-state index is -1.56. The molecule has 0 aromatic rings. The van der Waals surface area contributed by atoms with Crippen LogP contribution in [0, 0.1) is 4.91 Å². The summed E-state index contributed by atoms with van der Waals surface area (Å²) in [6.07, 6.45) is -5.85. The van der Waals surface area contributed by atoms with Crippen molar-refractivity contribution in [2.75, 3.05) is 7.05 Å². The number of aliphatic hydroxyl groups is 4. The molecule has 6 atom stereocenters. The first-order valence-corrected chi connectivity index (χ1v) is 4.26. The van der Waals surface area contributed by atoms with E-state index in [0.717, 1.165) is 0 Å². The monoisotopic (exact) mass is 206 g/mol. The summed E-state index contributed by atoms with van der Waals surface area (Å²) < 4.78 is 0. The Morgan fingerprint density at radius 3 is 1.93 bits per heavy atom. The van der Waals surface area contributed by atoms with Crippen LogP contribution >= 0.6 is 0 Å². The zero-order valence-electron chi connectivity index (χ0n) is 7.61. The van der Waals surface area contributed by atoms with Gasteiger partial charge in [-0.15, -0.1) is 0 Å². The Hall–Kier alpha value is -0.600. The normalized spacial score (nSPS) is 48.9. The second kappa shape index (κ2) is 4.28. The Morgan fingerprint density at radius 1 is 1.00 bits per heavy atom. The smallest absolute Gasteiger partial charge is 0.138 e. The van der Waals surface area contributed by atoms with Gasteiger partial charge in [-0.1, -0.05) is 5.18 Å². The lowest BCUT2D eigenvalue weighted by atomic mass is 9.82. The summed E-state index contributed by atoms with van der Waals surface area (Å²) in [5, 5.41) is 42.5. The molecule has 7 heteroatoms. The van der Waals surface area contributed by atoms with E-state index in [1.165, 1.54) is 7.05 Å². The molecule has 0 aromatic carbocycles. The van der Waals surface area contributed by atoms with E-state index in [1.807, 2.05) is 0 Å². The molecule has 82 valence electrons. The highest BCUT2D eigenvalue weighted by Gasteiger charge is 2.49. The molecular formula is C7H14N2O5. The molecule has 6 unspecified atom stereocenters. The van der Waals surface area contributed by atoms with Gasteiger partial charge >= 0.3 is 0 Å². The molecule has 0 radical (unpaired) electrons. The van der Waals surface area contributed by atoms with Crippen molar-refractivity contribution in [3.63, 3.8) is 0 Å². The van der Waals surface area contributed by atoms with Crippen LogP contribution in [0.4, 0.5) is 0 Å². The average Bonchev–Trinajstić information content (AvgIpc) is 2.20. The van der Waals surface area contributed by atoms with Crippen molar-refractivity contribution in [2.24, 2.45) is 5.18 Å². The van der Waals surface area contributed by atoms with Crippen LogP contribution in [0.25, 0.3) is 0 Å². The van der Waals surface area contributed by atoms with Gasteiger partial charge in [0.15, 0.2) is 0 Å². The summed E-state index contributed by atoms with van der Waals surface area (Å²) in [5.74, 6) is 0. The van der Waals surface area contributed by atoms with Crippen molar-refractivity contribution >= 4 is 0 Å². The second-order valence-electron chi connectivity index (χ2n) is 3.37. The van der Waals surface area contributed by atoms with E-state index in [9.17, 15) is 25.3 Å². The fourth-order valence-corrected chi connectivity index (χ4v) is 1.70. The Bertz CT molecular complexity index is 214. The minimum Gasteiger partial charge on any atom is -0.389 e. The lowest BCUT2D eigenvalue weighted by molar-refractivity contribution is -0.153. The predicted molar refractivity (Wildman–Crippen MR) is 46.5 cm³/mol. The van der Waals surface area contributed by atoms with E-state index in [1.54, 1.807) is 0 Å². The van der Waals surface area contributed by atoms with Crippen LogP contribution < -0.4 is 5.32 Å². The van der Waals surface area contributed by atoms with Crippen molar-refractivity contribution in [1.82, 2.24) is 5.32 Å². The largest absolute Gasteiger partial charge is 0.389 e. The van der Waals surface area contributed by atoms with Gasteiger partial charge in [-0.2, -0.15) is 4.91 Å². The summed E-state index contributed by atoms with van der Waals surface area (Å²) in [6.45, 7) is 0.